The molecule has 2 aliphatic rings. The minimum absolute atomic E-state index is 0.00133. The molecule has 0 aromatic carbocycles. The van der Waals surface area contributed by atoms with Crippen LogP contribution >= 0.6 is 0 Å². The Morgan fingerprint density at radius 2 is 2.03 bits per heavy atom. The Bertz CT molecular complexity index is 1030. The molecule has 29 heavy (non-hydrogen) atoms. The van der Waals surface area contributed by atoms with E-state index in [2.05, 4.69) is 20.6 Å². The number of aryl methyl sites for hydroxylation is 3. The lowest BCUT2D eigenvalue weighted by molar-refractivity contribution is -0.121. The Balaban J connectivity index is 1.52. The second kappa shape index (κ2) is 6.91. The highest BCUT2D eigenvalue weighted by molar-refractivity contribution is 7.88. The maximum Gasteiger partial charge on any atom is 0.234 e. The predicted octanol–water partition coefficient (Wildman–Crippen LogP) is 0.633. The SMILES string of the molecule is Cc1noc([C@]23C[C@H](NC(=O)Cc4c(C)noc4C)C[C@H]2CN(S(C)(=O)=O)C3)n1. The largest absolute Gasteiger partial charge is 0.361 e. The molecule has 0 spiro atoms. The van der Waals surface area contributed by atoms with Crippen molar-refractivity contribution in [3.05, 3.63) is 28.7 Å². The molecule has 2 aromatic heterocycles. The number of rotatable bonds is 5. The van der Waals surface area contributed by atoms with Crippen molar-refractivity contribution < 1.29 is 22.3 Å². The van der Waals surface area contributed by atoms with Crippen LogP contribution in [0, 0.1) is 26.7 Å². The molecule has 1 N–H and O–H groups in total. The number of sulfonamides is 1. The topological polar surface area (TPSA) is 131 Å². The lowest BCUT2D eigenvalue weighted by Gasteiger charge is -2.24. The molecule has 11 heteroatoms. The molecular weight excluding hydrogens is 398 g/mol. The van der Waals surface area contributed by atoms with Crippen molar-refractivity contribution in [3.63, 3.8) is 0 Å². The van der Waals surface area contributed by atoms with Gasteiger partial charge in [0, 0.05) is 24.7 Å². The summed E-state index contributed by atoms with van der Waals surface area (Å²) in [6, 6.07) is -0.0955. The second-order valence-corrected chi connectivity index (χ2v) is 10.2. The van der Waals surface area contributed by atoms with Crippen molar-refractivity contribution in [3.8, 4) is 0 Å². The Hall–Kier alpha value is -2.27. The van der Waals surface area contributed by atoms with Crippen molar-refractivity contribution >= 4 is 15.9 Å². The summed E-state index contributed by atoms with van der Waals surface area (Å²) >= 11 is 0. The maximum atomic E-state index is 12.6. The van der Waals surface area contributed by atoms with Gasteiger partial charge in [0.05, 0.1) is 23.8 Å². The van der Waals surface area contributed by atoms with Gasteiger partial charge in [-0.1, -0.05) is 10.3 Å². The first-order valence-corrected chi connectivity index (χ1v) is 11.4. The molecule has 0 unspecified atom stereocenters. The van der Waals surface area contributed by atoms with Gasteiger partial charge in [-0.25, -0.2) is 12.7 Å². The van der Waals surface area contributed by atoms with Gasteiger partial charge in [0.15, 0.2) is 5.82 Å². The number of carbonyl (C=O) groups excluding carboxylic acids is 1. The van der Waals surface area contributed by atoms with E-state index in [4.69, 9.17) is 9.05 Å². The van der Waals surface area contributed by atoms with Gasteiger partial charge in [-0.05, 0) is 39.5 Å². The lowest BCUT2D eigenvalue weighted by atomic mass is 9.80. The predicted molar refractivity (Wildman–Crippen MR) is 101 cm³/mol. The highest BCUT2D eigenvalue weighted by Crippen LogP contribution is 2.50. The summed E-state index contributed by atoms with van der Waals surface area (Å²) in [6.45, 7) is 6.01. The van der Waals surface area contributed by atoms with E-state index in [1.165, 1.54) is 10.6 Å². The molecule has 3 heterocycles. The van der Waals surface area contributed by atoms with Gasteiger partial charge >= 0.3 is 0 Å². The van der Waals surface area contributed by atoms with E-state index in [-0.39, 0.29) is 30.8 Å². The van der Waals surface area contributed by atoms with Gasteiger partial charge in [-0.2, -0.15) is 4.98 Å². The zero-order valence-corrected chi connectivity index (χ0v) is 17.7. The third-order valence-electron chi connectivity index (χ3n) is 6.15. The molecule has 2 aromatic rings. The van der Waals surface area contributed by atoms with Crippen molar-refractivity contribution in [2.45, 2.75) is 51.5 Å². The molecule has 1 saturated heterocycles. The van der Waals surface area contributed by atoms with Crippen LogP contribution < -0.4 is 5.32 Å². The standard InChI is InChI=1S/C18H25N5O5S/c1-10-15(11(2)27-21-10)6-16(24)20-14-5-13-8-23(29(4,25)26)9-18(13,7-14)17-19-12(3)22-28-17/h13-14H,5-9H2,1-4H3,(H,20,24)/t13-,14+,18-/m0/s1. The summed E-state index contributed by atoms with van der Waals surface area (Å²) in [4.78, 5) is 17.0. The maximum absolute atomic E-state index is 12.6. The molecule has 1 amide bonds. The monoisotopic (exact) mass is 423 g/mol. The lowest BCUT2D eigenvalue weighted by Crippen LogP contribution is -2.39. The number of hydrogen-bond acceptors (Lipinski definition) is 8. The van der Waals surface area contributed by atoms with Gasteiger partial charge in [0.2, 0.25) is 21.8 Å². The Morgan fingerprint density at radius 1 is 1.28 bits per heavy atom. The molecule has 3 atom stereocenters. The van der Waals surface area contributed by atoms with Gasteiger partial charge in [-0.3, -0.25) is 4.79 Å². The average molecular weight is 423 g/mol. The molecule has 0 bridgehead atoms. The number of carbonyl (C=O) groups is 1. The Kier molecular flexibility index (Phi) is 4.77. The second-order valence-electron chi connectivity index (χ2n) is 8.24. The summed E-state index contributed by atoms with van der Waals surface area (Å²) in [7, 11) is -3.33. The molecular formula is C18H25N5O5S. The fraction of sp³-hybridized carbons (Fsp3) is 0.667. The number of amides is 1. The Morgan fingerprint density at radius 3 is 2.62 bits per heavy atom. The molecule has 158 valence electrons. The first-order chi connectivity index (χ1) is 13.6. The number of fused-ring (bicyclic) bond motifs is 1. The number of nitrogens with one attached hydrogen (secondary N) is 1. The van der Waals surface area contributed by atoms with E-state index in [1.807, 2.05) is 6.92 Å². The van der Waals surface area contributed by atoms with Crippen LogP contribution in [0.3, 0.4) is 0 Å². The van der Waals surface area contributed by atoms with E-state index >= 15 is 0 Å². The van der Waals surface area contributed by atoms with Crippen molar-refractivity contribution in [2.24, 2.45) is 5.92 Å². The van der Waals surface area contributed by atoms with E-state index in [1.54, 1.807) is 13.8 Å². The molecule has 4 rings (SSSR count). The molecule has 0 radical (unpaired) electrons. The fourth-order valence-electron chi connectivity index (χ4n) is 4.71. The zero-order chi connectivity index (χ0) is 21.0. The van der Waals surface area contributed by atoms with Gasteiger partial charge < -0.3 is 14.4 Å². The summed E-state index contributed by atoms with van der Waals surface area (Å²) in [6.07, 6.45) is 2.62. The molecule has 10 nitrogen and oxygen atoms in total. The minimum Gasteiger partial charge on any atom is -0.361 e. The van der Waals surface area contributed by atoms with Crippen LogP contribution in [0.5, 0.6) is 0 Å². The quantitative estimate of drug-likeness (QED) is 0.741. The summed E-state index contributed by atoms with van der Waals surface area (Å²) in [5.41, 5.74) is 0.930. The third-order valence-corrected chi connectivity index (χ3v) is 7.37. The van der Waals surface area contributed by atoms with E-state index in [0.717, 1.165) is 5.56 Å². The van der Waals surface area contributed by atoms with Crippen LogP contribution in [0.2, 0.25) is 0 Å². The third kappa shape index (κ3) is 3.57. The van der Waals surface area contributed by atoms with E-state index < -0.39 is 15.4 Å². The fourth-order valence-corrected chi connectivity index (χ4v) is 5.63. The smallest absolute Gasteiger partial charge is 0.234 e. The van der Waals surface area contributed by atoms with Crippen molar-refractivity contribution in [2.75, 3.05) is 19.3 Å². The molecule has 1 aliphatic heterocycles. The van der Waals surface area contributed by atoms with Gasteiger partial charge in [0.25, 0.3) is 0 Å². The van der Waals surface area contributed by atoms with Crippen molar-refractivity contribution in [1.29, 1.82) is 0 Å². The van der Waals surface area contributed by atoms with Crippen LogP contribution in [0.25, 0.3) is 0 Å². The highest BCUT2D eigenvalue weighted by Gasteiger charge is 2.58. The Labute approximate surface area is 169 Å². The van der Waals surface area contributed by atoms with Crippen molar-refractivity contribution in [1.82, 2.24) is 24.9 Å². The van der Waals surface area contributed by atoms with E-state index in [9.17, 15) is 13.2 Å². The van der Waals surface area contributed by atoms with Crippen LogP contribution in [-0.2, 0) is 26.7 Å². The van der Waals surface area contributed by atoms with Gasteiger partial charge in [0.1, 0.15) is 5.76 Å². The normalized spacial score (nSPS) is 27.3. The van der Waals surface area contributed by atoms with Crippen LogP contribution in [0.15, 0.2) is 9.05 Å². The van der Waals surface area contributed by atoms with Gasteiger partial charge in [-0.15, -0.1) is 0 Å². The first-order valence-electron chi connectivity index (χ1n) is 9.55. The molecule has 1 aliphatic carbocycles. The molecule has 2 fully saturated rings. The number of aromatic nitrogens is 3. The highest BCUT2D eigenvalue weighted by atomic mass is 32.2. The number of hydrogen-bond donors (Lipinski definition) is 1. The van der Waals surface area contributed by atoms with E-state index in [0.29, 0.717) is 42.6 Å². The first kappa shape index (κ1) is 20.0. The van der Waals surface area contributed by atoms with Crippen LogP contribution in [-0.4, -0.2) is 59.3 Å². The van der Waals surface area contributed by atoms with Crippen LogP contribution in [0.1, 0.15) is 41.6 Å². The summed E-state index contributed by atoms with van der Waals surface area (Å²) < 4.78 is 36.3. The van der Waals surface area contributed by atoms with Crippen LogP contribution in [0.4, 0.5) is 0 Å². The molecule has 1 saturated carbocycles. The summed E-state index contributed by atoms with van der Waals surface area (Å²) in [5, 5.41) is 10.9. The average Bonchev–Trinajstić information content (AvgIpc) is 3.34. The number of nitrogens with zero attached hydrogens (tertiary/aromatic N) is 4. The minimum atomic E-state index is -3.33. The summed E-state index contributed by atoms with van der Waals surface area (Å²) in [5.74, 6) is 1.50. The zero-order valence-electron chi connectivity index (χ0n) is 16.9.